The smallest absolute Gasteiger partial charge is 0.294 e. The van der Waals surface area contributed by atoms with Crippen molar-refractivity contribution in [1.29, 1.82) is 0 Å². The molecule has 0 unspecified atom stereocenters. The van der Waals surface area contributed by atoms with E-state index in [1.54, 1.807) is 36.4 Å². The third-order valence-electron chi connectivity index (χ3n) is 5.84. The zero-order valence-electron chi connectivity index (χ0n) is 22.4. The van der Waals surface area contributed by atoms with Crippen molar-refractivity contribution in [2.75, 3.05) is 39.6 Å². The topological polar surface area (TPSA) is 146 Å². The van der Waals surface area contributed by atoms with Crippen LogP contribution in [0.1, 0.15) is 22.3 Å². The predicted molar refractivity (Wildman–Crippen MR) is 148 cm³/mol. The van der Waals surface area contributed by atoms with Crippen LogP contribution in [-0.4, -0.2) is 65.6 Å². The van der Waals surface area contributed by atoms with Crippen LogP contribution in [0.15, 0.2) is 70.5 Å². The molecule has 2 N–H and O–H groups in total. The van der Waals surface area contributed by atoms with Gasteiger partial charge >= 0.3 is 0 Å². The maximum atomic E-state index is 11.6. The molecule has 0 saturated carbocycles. The van der Waals surface area contributed by atoms with E-state index in [9.17, 15) is 25.9 Å². The zero-order valence-corrected chi connectivity index (χ0v) is 24.0. The van der Waals surface area contributed by atoms with E-state index in [1.807, 2.05) is 26.0 Å². The molecular weight excluding hydrogens is 560 g/mol. The van der Waals surface area contributed by atoms with Crippen LogP contribution in [0.25, 0.3) is 0 Å². The molecule has 40 heavy (non-hydrogen) atoms. The third-order valence-corrected chi connectivity index (χ3v) is 7.75. The van der Waals surface area contributed by atoms with Crippen LogP contribution in [0, 0.1) is 13.8 Å². The quantitative estimate of drug-likeness (QED) is 0.184. The van der Waals surface area contributed by atoms with Crippen molar-refractivity contribution in [3.8, 4) is 11.5 Å². The van der Waals surface area contributed by atoms with Gasteiger partial charge in [-0.2, -0.15) is 16.8 Å². The second kappa shape index (κ2) is 14.6. The van der Waals surface area contributed by atoms with Crippen molar-refractivity contribution in [2.45, 2.75) is 36.5 Å². The van der Waals surface area contributed by atoms with Gasteiger partial charge in [0.2, 0.25) is 0 Å². The maximum Gasteiger partial charge on any atom is 0.294 e. The summed E-state index contributed by atoms with van der Waals surface area (Å²) in [4.78, 5) is -0.239. The first-order valence-electron chi connectivity index (χ1n) is 12.6. The van der Waals surface area contributed by atoms with E-state index in [-0.39, 0.29) is 49.4 Å². The molecule has 0 bridgehead atoms. The Kier molecular flexibility index (Phi) is 11.5. The Hall–Kier alpha value is -3.00. The molecule has 0 atom stereocenters. The highest BCUT2D eigenvalue weighted by Gasteiger charge is 2.16. The minimum atomic E-state index is -4.31. The Morgan fingerprint density at radius 1 is 0.575 bits per heavy atom. The molecule has 0 radical (unpaired) electrons. The van der Waals surface area contributed by atoms with Crippen LogP contribution in [0.4, 0.5) is 0 Å². The lowest BCUT2D eigenvalue weighted by Crippen LogP contribution is -2.12. The van der Waals surface area contributed by atoms with E-state index in [0.717, 1.165) is 11.1 Å². The van der Waals surface area contributed by atoms with Crippen LogP contribution >= 0.6 is 0 Å². The molecule has 0 amide bonds. The van der Waals surface area contributed by atoms with Gasteiger partial charge in [-0.1, -0.05) is 47.5 Å². The van der Waals surface area contributed by atoms with Crippen molar-refractivity contribution in [3.63, 3.8) is 0 Å². The maximum absolute atomic E-state index is 11.6. The van der Waals surface area contributed by atoms with Gasteiger partial charge in [0.15, 0.2) is 11.5 Å². The molecule has 0 aliphatic carbocycles. The van der Waals surface area contributed by atoms with Gasteiger partial charge in [-0.3, -0.25) is 9.11 Å². The summed E-state index contributed by atoms with van der Waals surface area (Å²) in [5.74, 6) is 1.05. The summed E-state index contributed by atoms with van der Waals surface area (Å²) in [7, 11) is -8.61. The van der Waals surface area contributed by atoms with Crippen molar-refractivity contribution in [3.05, 3.63) is 82.9 Å². The second-order valence-corrected chi connectivity index (χ2v) is 11.8. The Morgan fingerprint density at radius 3 is 1.35 bits per heavy atom. The van der Waals surface area contributed by atoms with Crippen molar-refractivity contribution < 1.29 is 44.9 Å². The number of rotatable bonds is 16. The number of para-hydroxylation sites is 2. The van der Waals surface area contributed by atoms with E-state index in [2.05, 4.69) is 0 Å². The predicted octanol–water partition coefficient (Wildman–Crippen LogP) is 4.07. The Bertz CT molecular complexity index is 1370. The van der Waals surface area contributed by atoms with Crippen LogP contribution in [0.2, 0.25) is 0 Å². The minimum Gasteiger partial charge on any atom is -0.487 e. The van der Waals surface area contributed by atoms with Gasteiger partial charge in [0, 0.05) is 0 Å². The van der Waals surface area contributed by atoms with Crippen LogP contribution in [0.5, 0.6) is 11.5 Å². The first-order chi connectivity index (χ1) is 18.9. The van der Waals surface area contributed by atoms with Gasteiger partial charge in [0.05, 0.1) is 36.2 Å². The number of hydrogen-bond acceptors (Lipinski definition) is 8. The van der Waals surface area contributed by atoms with Crippen molar-refractivity contribution in [1.82, 2.24) is 0 Å². The molecule has 0 aromatic heterocycles. The second-order valence-electron chi connectivity index (χ2n) is 9.04. The highest BCUT2D eigenvalue weighted by molar-refractivity contribution is 7.86. The fraction of sp³-hybridized carbons (Fsp3) is 0.357. The monoisotopic (exact) mass is 594 g/mol. The van der Waals surface area contributed by atoms with Crippen LogP contribution < -0.4 is 9.47 Å². The summed E-state index contributed by atoms with van der Waals surface area (Å²) in [6.07, 6.45) is 0.634. The van der Waals surface area contributed by atoms with Gasteiger partial charge in [-0.15, -0.1) is 0 Å². The van der Waals surface area contributed by atoms with Crippen molar-refractivity contribution >= 4 is 20.2 Å². The molecule has 0 aliphatic rings. The van der Waals surface area contributed by atoms with E-state index in [0.29, 0.717) is 35.5 Å². The average Bonchev–Trinajstić information content (AvgIpc) is 2.87. The lowest BCUT2D eigenvalue weighted by molar-refractivity contribution is 0.0928. The Balaban J connectivity index is 1.38. The zero-order chi connectivity index (χ0) is 29.2. The number of benzene rings is 3. The number of hydrogen-bond donors (Lipinski definition) is 2. The van der Waals surface area contributed by atoms with E-state index >= 15 is 0 Å². The highest BCUT2D eigenvalue weighted by atomic mass is 32.2. The molecule has 3 aromatic rings. The molecule has 0 saturated heterocycles. The van der Waals surface area contributed by atoms with Gasteiger partial charge < -0.3 is 18.9 Å². The molecule has 0 fully saturated rings. The lowest BCUT2D eigenvalue weighted by Gasteiger charge is -2.13. The summed E-state index contributed by atoms with van der Waals surface area (Å²) in [5.41, 5.74) is 2.74. The van der Waals surface area contributed by atoms with Gasteiger partial charge in [0.1, 0.15) is 13.2 Å². The lowest BCUT2D eigenvalue weighted by atomic mass is 10.1. The first-order valence-corrected chi connectivity index (χ1v) is 15.5. The molecule has 0 aliphatic heterocycles. The van der Waals surface area contributed by atoms with Crippen LogP contribution in [0.3, 0.4) is 0 Å². The third kappa shape index (κ3) is 9.88. The van der Waals surface area contributed by atoms with Crippen LogP contribution in [-0.2, 0) is 42.6 Å². The molecule has 218 valence electrons. The largest absolute Gasteiger partial charge is 0.487 e. The summed E-state index contributed by atoms with van der Waals surface area (Å²) in [6, 6.07) is 16.6. The number of ether oxygens (including phenoxy) is 4. The molecule has 3 aromatic carbocycles. The average molecular weight is 595 g/mol. The SMILES string of the molecule is Cc1ccc(S(=O)(=O)O)c(CCOCCOc2ccccc2OCCOCCc2cc(C)ccc2S(=O)(=O)O)c1. The molecule has 0 heterocycles. The molecule has 0 spiro atoms. The number of aryl methyl sites for hydroxylation is 2. The molecular formula is C28H34O10S2. The van der Waals surface area contributed by atoms with E-state index in [4.69, 9.17) is 18.9 Å². The summed E-state index contributed by atoms with van der Waals surface area (Å²) < 4.78 is 87.9. The standard InChI is InChI=1S/C28H34O10S2/c1-21-7-9-27(39(29,30)31)23(19-21)11-13-35-15-17-37-25-5-3-4-6-26(25)38-18-16-36-14-12-24-20-22(2)8-10-28(24)40(32,33)34/h3-10,19-20H,11-18H2,1-2H3,(H,29,30,31)(H,32,33,34). The summed E-state index contributed by atoms with van der Waals surface area (Å²) in [6.45, 7) is 5.17. The van der Waals surface area contributed by atoms with Gasteiger partial charge in [0.25, 0.3) is 20.2 Å². The first kappa shape index (κ1) is 31.5. The van der Waals surface area contributed by atoms with Crippen molar-refractivity contribution in [2.24, 2.45) is 0 Å². The summed E-state index contributed by atoms with van der Waals surface area (Å²) >= 11 is 0. The Labute approximate surface area is 235 Å². The highest BCUT2D eigenvalue weighted by Crippen LogP contribution is 2.26. The van der Waals surface area contributed by atoms with E-state index in [1.165, 1.54) is 12.1 Å². The van der Waals surface area contributed by atoms with Gasteiger partial charge in [-0.25, -0.2) is 0 Å². The Morgan fingerprint density at radius 2 is 0.975 bits per heavy atom. The molecule has 12 heteroatoms. The molecule has 3 rings (SSSR count). The van der Waals surface area contributed by atoms with E-state index < -0.39 is 20.2 Å². The summed E-state index contributed by atoms with van der Waals surface area (Å²) in [5, 5.41) is 0. The normalized spacial score (nSPS) is 11.9. The van der Waals surface area contributed by atoms with Gasteiger partial charge in [-0.05, 0) is 62.1 Å². The minimum absolute atomic E-state index is 0.119. The fourth-order valence-electron chi connectivity index (χ4n) is 3.99. The molecule has 10 nitrogen and oxygen atoms in total. The fourth-order valence-corrected chi connectivity index (χ4v) is 5.45.